The summed E-state index contributed by atoms with van der Waals surface area (Å²) < 4.78 is 0. The lowest BCUT2D eigenvalue weighted by Gasteiger charge is -2.18. The first-order valence-corrected chi connectivity index (χ1v) is 5.84. The largest absolute Gasteiger partial charge is 0.0853 e. The minimum Gasteiger partial charge on any atom is -0.0853 e. The molecule has 1 radical (unpaired) electrons. The second-order valence-corrected chi connectivity index (χ2v) is 4.23. The SMILES string of the molecule is [CH2]CCC(CC)CC1=CCCCC1. The van der Waals surface area contributed by atoms with Gasteiger partial charge in [0.1, 0.15) is 0 Å². The molecule has 0 heteroatoms. The Morgan fingerprint density at radius 1 is 1.46 bits per heavy atom. The molecule has 1 atom stereocenters. The van der Waals surface area contributed by atoms with Crippen LogP contribution in [-0.4, -0.2) is 0 Å². The lowest BCUT2D eigenvalue weighted by molar-refractivity contribution is 0.457. The van der Waals surface area contributed by atoms with Crippen LogP contribution in [0.3, 0.4) is 0 Å². The van der Waals surface area contributed by atoms with Gasteiger partial charge in [0.2, 0.25) is 0 Å². The van der Waals surface area contributed by atoms with Gasteiger partial charge in [-0.3, -0.25) is 0 Å². The van der Waals surface area contributed by atoms with E-state index in [1.807, 2.05) is 0 Å². The van der Waals surface area contributed by atoms with Crippen LogP contribution in [0.4, 0.5) is 0 Å². The molecule has 1 aliphatic rings. The van der Waals surface area contributed by atoms with Crippen LogP contribution in [-0.2, 0) is 0 Å². The topological polar surface area (TPSA) is 0 Å². The van der Waals surface area contributed by atoms with E-state index < -0.39 is 0 Å². The van der Waals surface area contributed by atoms with Gasteiger partial charge < -0.3 is 0 Å². The van der Waals surface area contributed by atoms with Gasteiger partial charge >= 0.3 is 0 Å². The Labute approximate surface area is 83.4 Å². The Morgan fingerprint density at radius 3 is 2.85 bits per heavy atom. The fourth-order valence-electron chi connectivity index (χ4n) is 2.20. The molecular formula is C13H23. The van der Waals surface area contributed by atoms with Crippen LogP contribution in [0.1, 0.15) is 58.3 Å². The highest BCUT2D eigenvalue weighted by Crippen LogP contribution is 2.27. The molecule has 0 spiro atoms. The summed E-state index contributed by atoms with van der Waals surface area (Å²) in [4.78, 5) is 0. The average Bonchev–Trinajstić information content (AvgIpc) is 2.19. The van der Waals surface area contributed by atoms with Gasteiger partial charge in [-0.15, -0.1) is 0 Å². The van der Waals surface area contributed by atoms with Crippen molar-refractivity contribution in [3.05, 3.63) is 18.6 Å². The highest BCUT2D eigenvalue weighted by atomic mass is 14.2. The maximum atomic E-state index is 3.95. The van der Waals surface area contributed by atoms with Crippen LogP contribution in [0.15, 0.2) is 11.6 Å². The summed E-state index contributed by atoms with van der Waals surface area (Å²) in [6, 6.07) is 0. The summed E-state index contributed by atoms with van der Waals surface area (Å²) in [6.07, 6.45) is 13.1. The van der Waals surface area contributed by atoms with Gasteiger partial charge in [0, 0.05) is 0 Å². The number of hydrogen-bond donors (Lipinski definition) is 0. The molecule has 0 amide bonds. The van der Waals surface area contributed by atoms with Crippen molar-refractivity contribution < 1.29 is 0 Å². The van der Waals surface area contributed by atoms with Crippen LogP contribution in [0.2, 0.25) is 0 Å². The van der Waals surface area contributed by atoms with Crippen LogP contribution in [0.5, 0.6) is 0 Å². The molecule has 0 saturated carbocycles. The number of rotatable bonds is 5. The quantitative estimate of drug-likeness (QED) is 0.544. The molecule has 1 unspecified atom stereocenters. The highest BCUT2D eigenvalue weighted by Gasteiger charge is 2.10. The summed E-state index contributed by atoms with van der Waals surface area (Å²) in [5, 5.41) is 0. The number of allylic oxidation sites excluding steroid dienone is 2. The molecule has 75 valence electrons. The van der Waals surface area contributed by atoms with Gasteiger partial charge in [0.25, 0.3) is 0 Å². The van der Waals surface area contributed by atoms with Crippen molar-refractivity contribution in [2.45, 2.75) is 58.3 Å². The predicted molar refractivity (Wildman–Crippen MR) is 59.5 cm³/mol. The Morgan fingerprint density at radius 2 is 2.31 bits per heavy atom. The van der Waals surface area contributed by atoms with Gasteiger partial charge in [-0.1, -0.05) is 44.8 Å². The summed E-state index contributed by atoms with van der Waals surface area (Å²) >= 11 is 0. The van der Waals surface area contributed by atoms with E-state index in [1.54, 1.807) is 5.57 Å². The third-order valence-corrected chi connectivity index (χ3v) is 3.13. The molecule has 0 aromatic carbocycles. The van der Waals surface area contributed by atoms with Crippen molar-refractivity contribution in [3.63, 3.8) is 0 Å². The fourth-order valence-corrected chi connectivity index (χ4v) is 2.20. The normalized spacial score (nSPS) is 19.7. The molecule has 0 aromatic rings. The summed E-state index contributed by atoms with van der Waals surface area (Å²) in [5.74, 6) is 0.904. The molecule has 13 heavy (non-hydrogen) atoms. The van der Waals surface area contributed by atoms with Crippen LogP contribution in [0.25, 0.3) is 0 Å². The maximum absolute atomic E-state index is 3.95. The molecule has 0 nitrogen and oxygen atoms in total. The van der Waals surface area contributed by atoms with Crippen molar-refractivity contribution in [2.24, 2.45) is 5.92 Å². The van der Waals surface area contributed by atoms with Gasteiger partial charge in [0.15, 0.2) is 0 Å². The van der Waals surface area contributed by atoms with Crippen molar-refractivity contribution >= 4 is 0 Å². The second-order valence-electron chi connectivity index (χ2n) is 4.23. The summed E-state index contributed by atoms with van der Waals surface area (Å²) in [6.45, 7) is 6.26. The lowest BCUT2D eigenvalue weighted by Crippen LogP contribution is -2.02. The highest BCUT2D eigenvalue weighted by molar-refractivity contribution is 5.05. The van der Waals surface area contributed by atoms with E-state index in [0.29, 0.717) is 0 Å². The van der Waals surface area contributed by atoms with E-state index in [1.165, 1.54) is 44.9 Å². The molecule has 0 aromatic heterocycles. The molecule has 1 aliphatic carbocycles. The fraction of sp³-hybridized carbons (Fsp3) is 0.769. The second kappa shape index (κ2) is 6.23. The third kappa shape index (κ3) is 3.97. The molecule has 0 saturated heterocycles. The van der Waals surface area contributed by atoms with Crippen molar-refractivity contribution in [1.82, 2.24) is 0 Å². The van der Waals surface area contributed by atoms with E-state index in [9.17, 15) is 0 Å². The minimum atomic E-state index is 0.904. The Hall–Kier alpha value is -0.260. The third-order valence-electron chi connectivity index (χ3n) is 3.13. The first-order valence-electron chi connectivity index (χ1n) is 5.84. The van der Waals surface area contributed by atoms with E-state index >= 15 is 0 Å². The van der Waals surface area contributed by atoms with Crippen molar-refractivity contribution in [1.29, 1.82) is 0 Å². The summed E-state index contributed by atoms with van der Waals surface area (Å²) in [5.41, 5.74) is 1.73. The first-order chi connectivity index (χ1) is 6.36. The first kappa shape index (κ1) is 10.8. The average molecular weight is 179 g/mol. The molecule has 0 fully saturated rings. The van der Waals surface area contributed by atoms with Gasteiger partial charge in [-0.25, -0.2) is 0 Å². The smallest absolute Gasteiger partial charge is 0.0292 e. The maximum Gasteiger partial charge on any atom is -0.0292 e. The Balaban J connectivity index is 2.31. The zero-order valence-electron chi connectivity index (χ0n) is 9.02. The van der Waals surface area contributed by atoms with Crippen molar-refractivity contribution in [3.8, 4) is 0 Å². The monoisotopic (exact) mass is 179 g/mol. The lowest BCUT2D eigenvalue weighted by atomic mass is 9.88. The Bertz CT molecular complexity index is 155. The van der Waals surface area contributed by atoms with E-state index in [2.05, 4.69) is 19.9 Å². The molecule has 0 bridgehead atoms. The molecule has 0 heterocycles. The zero-order valence-corrected chi connectivity index (χ0v) is 9.02. The van der Waals surface area contributed by atoms with E-state index in [-0.39, 0.29) is 0 Å². The van der Waals surface area contributed by atoms with Crippen LogP contribution in [0, 0.1) is 12.8 Å². The van der Waals surface area contributed by atoms with Crippen LogP contribution >= 0.6 is 0 Å². The Kier molecular flexibility index (Phi) is 5.19. The number of hydrogen-bond acceptors (Lipinski definition) is 0. The summed E-state index contributed by atoms with van der Waals surface area (Å²) in [7, 11) is 0. The van der Waals surface area contributed by atoms with Gasteiger partial charge in [0.05, 0.1) is 0 Å². The molecule has 0 aliphatic heterocycles. The molecular weight excluding hydrogens is 156 g/mol. The standard InChI is InChI=1S/C13H23/c1-3-8-12(4-2)11-13-9-6-5-7-10-13/h9,12H,1,3-8,10-11H2,2H3. The predicted octanol–water partition coefficient (Wildman–Crippen LogP) is 4.52. The minimum absolute atomic E-state index is 0.904. The van der Waals surface area contributed by atoms with E-state index in [4.69, 9.17) is 0 Å². The van der Waals surface area contributed by atoms with Crippen molar-refractivity contribution in [2.75, 3.05) is 0 Å². The van der Waals surface area contributed by atoms with E-state index in [0.717, 1.165) is 12.3 Å². The molecule has 1 rings (SSSR count). The zero-order chi connectivity index (χ0) is 9.52. The molecule has 0 N–H and O–H groups in total. The van der Waals surface area contributed by atoms with Gasteiger partial charge in [-0.2, -0.15) is 0 Å². The van der Waals surface area contributed by atoms with Crippen LogP contribution < -0.4 is 0 Å². The van der Waals surface area contributed by atoms with Gasteiger partial charge in [-0.05, 0) is 38.0 Å².